The average Bonchev–Trinajstić information content (AvgIpc) is 2.54. The molecule has 1 aromatic rings. The number of hydrogen-bond acceptors (Lipinski definition) is 3. The number of nitrogens with two attached hydrogens (primary N) is 1. The first-order chi connectivity index (χ1) is 10.2. The summed E-state index contributed by atoms with van der Waals surface area (Å²) in [6.07, 6.45) is 4.33. The molecule has 1 fully saturated rings. The molecule has 4 heteroatoms. The summed E-state index contributed by atoms with van der Waals surface area (Å²) in [7, 11) is 1.85. The molecule has 4 nitrogen and oxygen atoms in total. The Kier molecular flexibility index (Phi) is 5.35. The van der Waals surface area contributed by atoms with Crippen LogP contribution in [0.25, 0.3) is 0 Å². The molecule has 2 N–H and O–H groups in total. The number of hydrogen-bond donors (Lipinski definition) is 1. The van der Waals surface area contributed by atoms with E-state index in [1.165, 1.54) is 6.42 Å². The van der Waals surface area contributed by atoms with E-state index in [0.29, 0.717) is 24.6 Å². The maximum atomic E-state index is 12.6. The molecule has 1 amide bonds. The van der Waals surface area contributed by atoms with Crippen LogP contribution >= 0.6 is 0 Å². The lowest BCUT2D eigenvalue weighted by molar-refractivity contribution is -0.137. The van der Waals surface area contributed by atoms with Gasteiger partial charge in [0.05, 0.1) is 11.6 Å². The van der Waals surface area contributed by atoms with Gasteiger partial charge in [0.15, 0.2) is 0 Å². The van der Waals surface area contributed by atoms with Crippen LogP contribution in [0.5, 0.6) is 0 Å². The summed E-state index contributed by atoms with van der Waals surface area (Å²) in [6.45, 7) is 1.18. The molecule has 112 valence electrons. The second-order valence-corrected chi connectivity index (χ2v) is 5.89. The van der Waals surface area contributed by atoms with Crippen molar-refractivity contribution in [1.82, 2.24) is 4.90 Å². The Balaban J connectivity index is 1.99. The molecule has 0 aromatic heterocycles. The predicted molar refractivity (Wildman–Crippen MR) is 82.1 cm³/mol. The van der Waals surface area contributed by atoms with Gasteiger partial charge in [-0.25, -0.2) is 0 Å². The third-order valence-corrected chi connectivity index (χ3v) is 4.41. The van der Waals surface area contributed by atoms with E-state index in [4.69, 9.17) is 11.0 Å². The number of amides is 1. The number of carbonyl (C=O) groups is 1. The monoisotopic (exact) mass is 285 g/mol. The van der Waals surface area contributed by atoms with Crippen molar-refractivity contribution in [3.8, 4) is 6.07 Å². The van der Waals surface area contributed by atoms with E-state index in [-0.39, 0.29) is 11.8 Å². The fraction of sp³-hybridized carbons (Fsp3) is 0.529. The predicted octanol–water partition coefficient (Wildman–Crippen LogP) is 2.28. The molecular weight excluding hydrogens is 262 g/mol. The lowest BCUT2D eigenvalue weighted by atomic mass is 9.78. The first-order valence-electron chi connectivity index (χ1n) is 7.59. The first-order valence-corrected chi connectivity index (χ1v) is 7.59. The van der Waals surface area contributed by atoms with Crippen LogP contribution in [-0.4, -0.2) is 24.4 Å². The minimum absolute atomic E-state index is 0.0760. The Labute approximate surface area is 126 Å². The van der Waals surface area contributed by atoms with E-state index < -0.39 is 0 Å². The van der Waals surface area contributed by atoms with Gasteiger partial charge in [0.1, 0.15) is 0 Å². The summed E-state index contributed by atoms with van der Waals surface area (Å²) in [5.41, 5.74) is 7.50. The van der Waals surface area contributed by atoms with Crippen LogP contribution < -0.4 is 5.73 Å². The highest BCUT2D eigenvalue weighted by Gasteiger charge is 2.31. The largest absolute Gasteiger partial charge is 0.341 e. The van der Waals surface area contributed by atoms with Gasteiger partial charge in [-0.1, -0.05) is 25.0 Å². The van der Waals surface area contributed by atoms with Gasteiger partial charge in [0.25, 0.3) is 0 Å². The third-order valence-electron chi connectivity index (χ3n) is 4.41. The number of nitrogens with zero attached hydrogens (tertiary/aromatic N) is 2. The molecule has 0 saturated heterocycles. The Bertz CT molecular complexity index is 518. The zero-order chi connectivity index (χ0) is 15.2. The Morgan fingerprint density at radius 1 is 1.33 bits per heavy atom. The molecule has 1 aromatic carbocycles. The lowest BCUT2D eigenvalue weighted by Gasteiger charge is -2.32. The van der Waals surface area contributed by atoms with Crippen LogP contribution in [-0.2, 0) is 11.3 Å². The van der Waals surface area contributed by atoms with E-state index in [2.05, 4.69) is 6.07 Å². The molecular formula is C17H23N3O. The van der Waals surface area contributed by atoms with Crippen molar-refractivity contribution < 1.29 is 4.79 Å². The van der Waals surface area contributed by atoms with Crippen LogP contribution in [0.1, 0.15) is 36.8 Å². The molecule has 2 unspecified atom stereocenters. The van der Waals surface area contributed by atoms with Gasteiger partial charge >= 0.3 is 0 Å². The maximum absolute atomic E-state index is 12.6. The van der Waals surface area contributed by atoms with Crippen LogP contribution in [0.2, 0.25) is 0 Å². The standard InChI is InChI=1S/C17H23N3O/c1-20(12-14-8-6-13(10-18)7-9-14)17(21)16-5-3-2-4-15(16)11-19/h6-9,15-16H,2-5,11-12,19H2,1H3. The summed E-state index contributed by atoms with van der Waals surface area (Å²) < 4.78 is 0. The fourth-order valence-electron chi connectivity index (χ4n) is 3.13. The normalized spacial score (nSPS) is 21.6. The van der Waals surface area contributed by atoms with E-state index in [1.807, 2.05) is 19.2 Å². The zero-order valence-corrected chi connectivity index (χ0v) is 12.6. The highest BCUT2D eigenvalue weighted by atomic mass is 16.2. The van der Waals surface area contributed by atoms with Crippen LogP contribution in [0, 0.1) is 23.2 Å². The lowest BCUT2D eigenvalue weighted by Crippen LogP contribution is -2.40. The van der Waals surface area contributed by atoms with Gasteiger partial charge < -0.3 is 10.6 Å². The minimum atomic E-state index is 0.0760. The summed E-state index contributed by atoms with van der Waals surface area (Å²) in [6, 6.07) is 9.49. The van der Waals surface area contributed by atoms with Crippen LogP contribution in [0.4, 0.5) is 0 Å². The molecule has 1 saturated carbocycles. The van der Waals surface area contributed by atoms with Crippen LogP contribution in [0.15, 0.2) is 24.3 Å². The van der Waals surface area contributed by atoms with Gasteiger partial charge in [0, 0.05) is 19.5 Å². The summed E-state index contributed by atoms with van der Waals surface area (Å²) >= 11 is 0. The molecule has 0 radical (unpaired) electrons. The molecule has 0 heterocycles. The van der Waals surface area contributed by atoms with Gasteiger partial charge in [-0.15, -0.1) is 0 Å². The second kappa shape index (κ2) is 7.24. The van der Waals surface area contributed by atoms with Crippen molar-refractivity contribution in [3.05, 3.63) is 35.4 Å². The molecule has 0 bridgehead atoms. The smallest absolute Gasteiger partial charge is 0.226 e. The SMILES string of the molecule is CN(Cc1ccc(C#N)cc1)C(=O)C1CCCCC1CN. The summed E-state index contributed by atoms with van der Waals surface area (Å²) in [5.74, 6) is 0.608. The molecule has 2 atom stereocenters. The minimum Gasteiger partial charge on any atom is -0.341 e. The quantitative estimate of drug-likeness (QED) is 0.922. The van der Waals surface area contributed by atoms with Gasteiger partial charge in [-0.2, -0.15) is 5.26 Å². The Morgan fingerprint density at radius 2 is 2.00 bits per heavy atom. The third kappa shape index (κ3) is 3.83. The van der Waals surface area contributed by atoms with E-state index in [9.17, 15) is 4.79 Å². The average molecular weight is 285 g/mol. The Hall–Kier alpha value is -1.86. The topological polar surface area (TPSA) is 70.1 Å². The van der Waals surface area contributed by atoms with Crippen molar-refractivity contribution in [2.75, 3.05) is 13.6 Å². The molecule has 0 spiro atoms. The fourth-order valence-corrected chi connectivity index (χ4v) is 3.13. The second-order valence-electron chi connectivity index (χ2n) is 5.89. The van der Waals surface area contributed by atoms with E-state index in [1.54, 1.807) is 17.0 Å². The maximum Gasteiger partial charge on any atom is 0.226 e. The number of nitriles is 1. The van der Waals surface area contributed by atoms with Crippen molar-refractivity contribution in [1.29, 1.82) is 5.26 Å². The number of rotatable bonds is 4. The van der Waals surface area contributed by atoms with Crippen molar-refractivity contribution in [2.45, 2.75) is 32.2 Å². The van der Waals surface area contributed by atoms with Gasteiger partial charge in [-0.3, -0.25) is 4.79 Å². The van der Waals surface area contributed by atoms with E-state index in [0.717, 1.165) is 24.8 Å². The van der Waals surface area contributed by atoms with Crippen molar-refractivity contribution in [2.24, 2.45) is 17.6 Å². The number of benzene rings is 1. The first kappa shape index (κ1) is 15.5. The zero-order valence-electron chi connectivity index (χ0n) is 12.6. The molecule has 2 rings (SSSR count). The van der Waals surface area contributed by atoms with E-state index >= 15 is 0 Å². The summed E-state index contributed by atoms with van der Waals surface area (Å²) in [4.78, 5) is 14.4. The summed E-state index contributed by atoms with van der Waals surface area (Å²) in [5, 5.41) is 8.80. The number of carbonyl (C=O) groups excluding carboxylic acids is 1. The molecule has 0 aliphatic heterocycles. The van der Waals surface area contributed by atoms with Crippen molar-refractivity contribution in [3.63, 3.8) is 0 Å². The molecule has 1 aliphatic carbocycles. The highest BCUT2D eigenvalue weighted by Crippen LogP contribution is 2.30. The van der Waals surface area contributed by atoms with Crippen molar-refractivity contribution >= 4 is 5.91 Å². The van der Waals surface area contributed by atoms with Gasteiger partial charge in [-0.05, 0) is 43.0 Å². The highest BCUT2D eigenvalue weighted by molar-refractivity contribution is 5.79. The Morgan fingerprint density at radius 3 is 2.62 bits per heavy atom. The molecule has 21 heavy (non-hydrogen) atoms. The van der Waals surface area contributed by atoms with Gasteiger partial charge in [0.2, 0.25) is 5.91 Å². The van der Waals surface area contributed by atoms with Crippen LogP contribution in [0.3, 0.4) is 0 Å². The molecule has 1 aliphatic rings.